The third kappa shape index (κ3) is 4.06. The summed E-state index contributed by atoms with van der Waals surface area (Å²) in [5, 5.41) is 9.37. The van der Waals surface area contributed by atoms with Crippen molar-refractivity contribution < 1.29 is 24.1 Å². The van der Waals surface area contributed by atoms with Crippen LogP contribution in [0.25, 0.3) is 0 Å². The molecule has 1 amide bonds. The molecular formula is C20H31NO5. The van der Waals surface area contributed by atoms with E-state index in [0.717, 1.165) is 11.1 Å². The number of ether oxygens (including phenoxy) is 3. The number of hydrogen-bond acceptors (Lipinski definition) is 5. The molecule has 0 aliphatic carbocycles. The van der Waals surface area contributed by atoms with E-state index in [1.165, 1.54) is 0 Å². The molecule has 2 rings (SSSR count). The maximum Gasteiger partial charge on any atom is 0.411 e. The average molecular weight is 365 g/mol. The summed E-state index contributed by atoms with van der Waals surface area (Å²) in [7, 11) is 3.22. The summed E-state index contributed by atoms with van der Waals surface area (Å²) < 4.78 is 16.5. The molecule has 0 saturated heterocycles. The molecule has 6 nitrogen and oxygen atoms in total. The fraction of sp³-hybridized carbons (Fsp3) is 0.650. The van der Waals surface area contributed by atoms with Crippen LogP contribution in [0.5, 0.6) is 11.5 Å². The second-order valence-corrected chi connectivity index (χ2v) is 7.85. The number of methoxy groups -OCH3 is 2. The Morgan fingerprint density at radius 3 is 2.38 bits per heavy atom. The fourth-order valence-electron chi connectivity index (χ4n) is 3.56. The molecule has 6 heteroatoms. The number of nitrogens with zero attached hydrogens (tertiary/aromatic N) is 1. The molecule has 0 saturated carbocycles. The highest BCUT2D eigenvalue weighted by Crippen LogP contribution is 2.44. The lowest BCUT2D eigenvalue weighted by atomic mass is 9.79. The van der Waals surface area contributed by atoms with Gasteiger partial charge in [-0.1, -0.05) is 0 Å². The predicted molar refractivity (Wildman–Crippen MR) is 99.9 cm³/mol. The van der Waals surface area contributed by atoms with Crippen molar-refractivity contribution in [3.8, 4) is 11.5 Å². The van der Waals surface area contributed by atoms with E-state index in [2.05, 4.69) is 0 Å². The Labute approximate surface area is 156 Å². The molecule has 146 valence electrons. The first-order valence-corrected chi connectivity index (χ1v) is 9.03. The molecule has 1 heterocycles. The van der Waals surface area contributed by atoms with Crippen molar-refractivity contribution in [2.75, 3.05) is 27.4 Å². The van der Waals surface area contributed by atoms with E-state index in [1.54, 1.807) is 19.1 Å². The van der Waals surface area contributed by atoms with Crippen LogP contribution in [0.4, 0.5) is 4.79 Å². The zero-order valence-electron chi connectivity index (χ0n) is 16.7. The van der Waals surface area contributed by atoms with Crippen molar-refractivity contribution in [3.05, 3.63) is 23.3 Å². The summed E-state index contributed by atoms with van der Waals surface area (Å²) in [5.41, 5.74) is 0.994. The Kier molecular flexibility index (Phi) is 6.06. The normalized spacial score (nSPS) is 19.7. The molecule has 1 aromatic rings. The third-order valence-corrected chi connectivity index (χ3v) is 4.83. The third-order valence-electron chi connectivity index (χ3n) is 4.83. The van der Waals surface area contributed by atoms with Crippen LogP contribution in [-0.4, -0.2) is 49.1 Å². The van der Waals surface area contributed by atoms with E-state index < -0.39 is 11.1 Å². The number of amides is 1. The van der Waals surface area contributed by atoms with Crippen LogP contribution < -0.4 is 9.47 Å². The molecule has 1 aliphatic heterocycles. The Bertz CT molecular complexity index is 652. The Balaban J connectivity index is 2.50. The number of hydrogen-bond donors (Lipinski definition) is 1. The molecule has 0 unspecified atom stereocenters. The quantitative estimate of drug-likeness (QED) is 0.865. The van der Waals surface area contributed by atoms with Gasteiger partial charge in [-0.25, -0.2) is 4.79 Å². The Hall–Kier alpha value is -1.95. The highest BCUT2D eigenvalue weighted by molar-refractivity contribution is 5.71. The van der Waals surface area contributed by atoms with E-state index in [-0.39, 0.29) is 12.7 Å². The lowest BCUT2D eigenvalue weighted by Crippen LogP contribution is -2.53. The van der Waals surface area contributed by atoms with Crippen molar-refractivity contribution in [2.24, 2.45) is 0 Å². The van der Waals surface area contributed by atoms with Crippen molar-refractivity contribution in [3.63, 3.8) is 0 Å². The minimum Gasteiger partial charge on any atom is -0.493 e. The predicted octanol–water partition coefficient (Wildman–Crippen LogP) is 3.48. The molecule has 1 aliphatic rings. The summed E-state index contributed by atoms with van der Waals surface area (Å²) in [6.07, 6.45) is 1.59. The zero-order valence-corrected chi connectivity index (χ0v) is 16.7. The molecular weight excluding hydrogens is 334 g/mol. The van der Waals surface area contributed by atoms with E-state index in [0.29, 0.717) is 37.3 Å². The molecule has 26 heavy (non-hydrogen) atoms. The lowest BCUT2D eigenvalue weighted by molar-refractivity contribution is -0.00780. The number of fused-ring (bicyclic) bond motifs is 1. The number of aliphatic hydroxyl groups excluding tert-OH is 1. The monoisotopic (exact) mass is 365 g/mol. The van der Waals surface area contributed by atoms with Crippen LogP contribution in [0.2, 0.25) is 0 Å². The highest BCUT2D eigenvalue weighted by Gasteiger charge is 2.43. The topological polar surface area (TPSA) is 68.2 Å². The number of carbonyl (C=O) groups is 1. The van der Waals surface area contributed by atoms with Crippen LogP contribution in [0, 0.1) is 0 Å². The van der Waals surface area contributed by atoms with Gasteiger partial charge in [-0.05, 0) is 70.2 Å². The van der Waals surface area contributed by atoms with E-state index in [9.17, 15) is 9.90 Å². The molecule has 1 aromatic carbocycles. The van der Waals surface area contributed by atoms with Gasteiger partial charge in [-0.15, -0.1) is 0 Å². The van der Waals surface area contributed by atoms with Crippen LogP contribution >= 0.6 is 0 Å². The minimum absolute atomic E-state index is 0.0698. The maximum atomic E-state index is 12.9. The number of benzene rings is 1. The molecule has 0 bridgehead atoms. The van der Waals surface area contributed by atoms with E-state index >= 15 is 0 Å². The summed E-state index contributed by atoms with van der Waals surface area (Å²) >= 11 is 0. The summed E-state index contributed by atoms with van der Waals surface area (Å²) in [6.45, 7) is 8.24. The average Bonchev–Trinajstić information content (AvgIpc) is 2.57. The smallest absolute Gasteiger partial charge is 0.411 e. The molecule has 0 spiro atoms. The van der Waals surface area contributed by atoms with Gasteiger partial charge in [0.25, 0.3) is 0 Å². The van der Waals surface area contributed by atoms with Crippen LogP contribution in [-0.2, 0) is 16.7 Å². The first-order valence-electron chi connectivity index (χ1n) is 9.03. The molecule has 0 radical (unpaired) electrons. The standard InChI is InChI=1S/C20H31NO5/c1-19(2,3)26-18(23)21-10-8-14-12-16(24-5)17(25-6)13-15(14)20(21,4)9-7-11-22/h12-13,22H,7-11H2,1-6H3/t20-/m1/s1. The van der Waals surface area contributed by atoms with Crippen LogP contribution in [0.15, 0.2) is 12.1 Å². The largest absolute Gasteiger partial charge is 0.493 e. The zero-order chi connectivity index (χ0) is 19.5. The maximum absolute atomic E-state index is 12.9. The lowest BCUT2D eigenvalue weighted by Gasteiger charge is -2.46. The van der Waals surface area contributed by atoms with Gasteiger partial charge in [0.2, 0.25) is 0 Å². The summed E-state index contributed by atoms with van der Waals surface area (Å²) in [6, 6.07) is 3.93. The second kappa shape index (κ2) is 7.74. The van der Waals surface area contributed by atoms with Gasteiger partial charge in [0.15, 0.2) is 11.5 Å². The molecule has 1 N–H and O–H groups in total. The minimum atomic E-state index is -0.585. The van der Waals surface area contributed by atoms with Gasteiger partial charge in [0.05, 0.1) is 19.8 Å². The van der Waals surface area contributed by atoms with Crippen LogP contribution in [0.1, 0.15) is 51.7 Å². The number of carbonyl (C=O) groups excluding carboxylic acids is 1. The van der Waals surface area contributed by atoms with Gasteiger partial charge in [0, 0.05) is 13.2 Å². The van der Waals surface area contributed by atoms with Gasteiger partial charge in [-0.2, -0.15) is 0 Å². The summed E-state index contributed by atoms with van der Waals surface area (Å²) in [5.74, 6) is 1.31. The van der Waals surface area contributed by atoms with Crippen LogP contribution in [0.3, 0.4) is 0 Å². The fourth-order valence-corrected chi connectivity index (χ4v) is 3.56. The summed E-state index contributed by atoms with van der Waals surface area (Å²) in [4.78, 5) is 14.6. The molecule has 0 fully saturated rings. The van der Waals surface area contributed by atoms with Crippen molar-refractivity contribution in [2.45, 2.75) is 58.1 Å². The molecule has 1 atom stereocenters. The Morgan fingerprint density at radius 1 is 1.23 bits per heavy atom. The van der Waals surface area contributed by atoms with Crippen molar-refractivity contribution >= 4 is 6.09 Å². The first kappa shape index (κ1) is 20.4. The van der Waals surface area contributed by atoms with Crippen molar-refractivity contribution in [1.29, 1.82) is 0 Å². The molecule has 0 aromatic heterocycles. The Morgan fingerprint density at radius 2 is 1.85 bits per heavy atom. The number of rotatable bonds is 5. The SMILES string of the molecule is COc1cc2c(cc1OC)[C@@](C)(CCCO)N(C(=O)OC(C)(C)C)CC2. The van der Waals surface area contributed by atoms with Gasteiger partial charge in [0.1, 0.15) is 5.60 Å². The van der Waals surface area contributed by atoms with Gasteiger partial charge >= 0.3 is 6.09 Å². The van der Waals surface area contributed by atoms with E-state index in [1.807, 2.05) is 39.8 Å². The highest BCUT2D eigenvalue weighted by atomic mass is 16.6. The second-order valence-electron chi connectivity index (χ2n) is 7.85. The first-order chi connectivity index (χ1) is 12.2. The van der Waals surface area contributed by atoms with E-state index in [4.69, 9.17) is 14.2 Å². The van der Waals surface area contributed by atoms with Gasteiger partial charge in [-0.3, -0.25) is 4.90 Å². The van der Waals surface area contributed by atoms with Gasteiger partial charge < -0.3 is 19.3 Å². The van der Waals surface area contributed by atoms with Crippen molar-refractivity contribution in [1.82, 2.24) is 4.90 Å². The number of aliphatic hydroxyl groups is 1.